The van der Waals surface area contributed by atoms with E-state index in [0.29, 0.717) is 0 Å². The summed E-state index contributed by atoms with van der Waals surface area (Å²) in [5, 5.41) is 8.82. The number of carbonyl (C=O) groups is 1. The fourth-order valence-corrected chi connectivity index (χ4v) is 1.07. The molecule has 0 saturated heterocycles. The van der Waals surface area contributed by atoms with Gasteiger partial charge in [-0.15, -0.1) is 0 Å². The Morgan fingerprint density at radius 3 is 1.77 bits per heavy atom. The number of aliphatic hydroxyl groups is 1. The highest BCUT2D eigenvalue weighted by Gasteiger charge is 2.80. The van der Waals surface area contributed by atoms with E-state index in [1.165, 1.54) is 6.92 Å². The van der Waals surface area contributed by atoms with Crippen LogP contribution < -0.4 is 0 Å². The molecule has 0 amide bonds. The fourth-order valence-electron chi connectivity index (χ4n) is 1.07. The summed E-state index contributed by atoms with van der Waals surface area (Å²) in [5.74, 6) is -11.4. The second kappa shape index (κ2) is 6.24. The molecule has 0 saturated carbocycles. The highest BCUT2D eigenvalue weighted by molar-refractivity contribution is 5.86. The Morgan fingerprint density at radius 2 is 1.45 bits per heavy atom. The van der Waals surface area contributed by atoms with Gasteiger partial charge in [0.2, 0.25) is 5.76 Å². The SMILES string of the molecule is CCCOC(=O)C(O)=CC(F)(C(F)(F)F)C(F)(F)C(F)(F)F. The normalized spacial score (nSPS) is 17.1. The van der Waals surface area contributed by atoms with Crippen molar-refractivity contribution in [3.8, 4) is 0 Å². The summed E-state index contributed by atoms with van der Waals surface area (Å²) >= 11 is 0. The van der Waals surface area contributed by atoms with Crippen molar-refractivity contribution in [3.63, 3.8) is 0 Å². The van der Waals surface area contributed by atoms with Crippen LogP contribution >= 0.6 is 0 Å². The maximum absolute atomic E-state index is 13.5. The molecule has 22 heavy (non-hydrogen) atoms. The standard InChI is InChI=1S/C10H9F9O3/c1-2-3-22-6(21)5(20)4-7(11,9(14,15)16)8(12,13)10(17,18)19/h4,20H,2-3H2,1H3. The Bertz CT molecular complexity index is 438. The van der Waals surface area contributed by atoms with Crippen molar-refractivity contribution in [2.24, 2.45) is 0 Å². The van der Waals surface area contributed by atoms with Crippen LogP contribution in [0, 0.1) is 0 Å². The predicted octanol–water partition coefficient (Wildman–Crippen LogP) is 3.85. The zero-order chi connectivity index (χ0) is 18.0. The lowest BCUT2D eigenvalue weighted by Crippen LogP contribution is -2.61. The molecular weight excluding hydrogens is 339 g/mol. The van der Waals surface area contributed by atoms with Gasteiger partial charge in [-0.1, -0.05) is 6.92 Å². The lowest BCUT2D eigenvalue weighted by Gasteiger charge is -2.33. The second-order valence-corrected chi connectivity index (χ2v) is 3.95. The van der Waals surface area contributed by atoms with E-state index in [-0.39, 0.29) is 6.42 Å². The third-order valence-electron chi connectivity index (χ3n) is 2.21. The van der Waals surface area contributed by atoms with Gasteiger partial charge in [0.15, 0.2) is 0 Å². The third-order valence-corrected chi connectivity index (χ3v) is 2.21. The molecule has 0 fully saturated rings. The first-order valence-corrected chi connectivity index (χ1v) is 5.41. The van der Waals surface area contributed by atoms with Crippen molar-refractivity contribution >= 4 is 5.97 Å². The van der Waals surface area contributed by atoms with Crippen molar-refractivity contribution < 1.29 is 54.2 Å². The average molecular weight is 348 g/mol. The van der Waals surface area contributed by atoms with Gasteiger partial charge in [0.25, 0.3) is 5.67 Å². The van der Waals surface area contributed by atoms with Crippen molar-refractivity contribution in [1.82, 2.24) is 0 Å². The summed E-state index contributed by atoms with van der Waals surface area (Å²) < 4.78 is 116. The van der Waals surface area contributed by atoms with E-state index in [9.17, 15) is 44.3 Å². The van der Waals surface area contributed by atoms with E-state index in [1.807, 2.05) is 0 Å². The number of rotatable bonds is 5. The maximum Gasteiger partial charge on any atom is 0.457 e. The largest absolute Gasteiger partial charge is 0.502 e. The summed E-state index contributed by atoms with van der Waals surface area (Å²) in [4.78, 5) is 10.9. The summed E-state index contributed by atoms with van der Waals surface area (Å²) in [6, 6.07) is 0. The molecule has 1 N–H and O–H groups in total. The number of ether oxygens (including phenoxy) is 1. The summed E-state index contributed by atoms with van der Waals surface area (Å²) in [7, 11) is 0. The van der Waals surface area contributed by atoms with Gasteiger partial charge in [-0.25, -0.2) is 9.18 Å². The molecule has 0 heterocycles. The average Bonchev–Trinajstić information content (AvgIpc) is 2.32. The Morgan fingerprint density at radius 1 is 1.00 bits per heavy atom. The number of hydrogen-bond donors (Lipinski definition) is 1. The highest BCUT2D eigenvalue weighted by Crippen LogP contribution is 2.53. The first kappa shape index (κ1) is 20.4. The minimum atomic E-state index is -6.95. The number of hydrogen-bond acceptors (Lipinski definition) is 3. The summed E-state index contributed by atoms with van der Waals surface area (Å²) in [6.45, 7) is 0.915. The fraction of sp³-hybridized carbons (Fsp3) is 0.700. The Labute approximate surface area is 117 Å². The molecule has 0 bridgehead atoms. The second-order valence-electron chi connectivity index (χ2n) is 3.95. The van der Waals surface area contributed by atoms with Gasteiger partial charge < -0.3 is 9.84 Å². The zero-order valence-corrected chi connectivity index (χ0v) is 10.7. The van der Waals surface area contributed by atoms with Gasteiger partial charge in [0.05, 0.1) is 6.61 Å². The molecule has 1 atom stereocenters. The van der Waals surface area contributed by atoms with E-state index in [0.717, 1.165) is 0 Å². The lowest BCUT2D eigenvalue weighted by molar-refractivity contribution is -0.369. The lowest BCUT2D eigenvalue weighted by atomic mass is 9.95. The minimum absolute atomic E-state index is 0.0950. The molecule has 0 aromatic heterocycles. The van der Waals surface area contributed by atoms with Gasteiger partial charge in [-0.3, -0.25) is 0 Å². The predicted molar refractivity (Wildman–Crippen MR) is 52.9 cm³/mol. The molecule has 0 aromatic carbocycles. The van der Waals surface area contributed by atoms with Crippen LogP contribution in [0.5, 0.6) is 0 Å². The number of esters is 1. The van der Waals surface area contributed by atoms with Gasteiger partial charge in [0, 0.05) is 6.08 Å². The molecule has 3 nitrogen and oxygen atoms in total. The molecule has 0 aliphatic carbocycles. The smallest absolute Gasteiger partial charge is 0.457 e. The zero-order valence-electron chi connectivity index (χ0n) is 10.7. The van der Waals surface area contributed by atoms with E-state index in [1.54, 1.807) is 0 Å². The Kier molecular flexibility index (Phi) is 5.78. The highest BCUT2D eigenvalue weighted by atomic mass is 19.4. The van der Waals surface area contributed by atoms with Crippen LogP contribution in [0.1, 0.15) is 13.3 Å². The van der Waals surface area contributed by atoms with Crippen LogP contribution in [-0.2, 0) is 9.53 Å². The molecule has 12 heteroatoms. The molecule has 0 aliphatic heterocycles. The molecule has 0 spiro atoms. The van der Waals surface area contributed by atoms with Crippen LogP contribution in [0.15, 0.2) is 11.8 Å². The van der Waals surface area contributed by atoms with Crippen molar-refractivity contribution in [3.05, 3.63) is 11.8 Å². The number of halogens is 9. The van der Waals surface area contributed by atoms with Gasteiger partial charge in [-0.05, 0) is 6.42 Å². The number of alkyl halides is 9. The quantitative estimate of drug-likeness (QED) is 0.355. The number of carbonyl (C=O) groups excluding carboxylic acids is 1. The molecule has 0 aromatic rings. The monoisotopic (exact) mass is 348 g/mol. The Balaban J connectivity index is 5.92. The van der Waals surface area contributed by atoms with E-state index in [2.05, 4.69) is 4.74 Å². The molecule has 1 unspecified atom stereocenters. The maximum atomic E-state index is 13.5. The van der Waals surface area contributed by atoms with Crippen LogP contribution in [0.2, 0.25) is 0 Å². The van der Waals surface area contributed by atoms with Crippen LogP contribution in [0.25, 0.3) is 0 Å². The number of allylic oxidation sites excluding steroid dienone is 1. The minimum Gasteiger partial charge on any atom is -0.502 e. The van der Waals surface area contributed by atoms with Crippen LogP contribution in [0.3, 0.4) is 0 Å². The van der Waals surface area contributed by atoms with E-state index < -0.39 is 48.4 Å². The third kappa shape index (κ3) is 3.77. The van der Waals surface area contributed by atoms with E-state index >= 15 is 0 Å². The molecule has 0 radical (unpaired) electrons. The van der Waals surface area contributed by atoms with Crippen molar-refractivity contribution in [2.75, 3.05) is 6.61 Å². The van der Waals surface area contributed by atoms with Crippen LogP contribution in [0.4, 0.5) is 39.5 Å². The Hall–Kier alpha value is -1.62. The van der Waals surface area contributed by atoms with Crippen molar-refractivity contribution in [1.29, 1.82) is 0 Å². The van der Waals surface area contributed by atoms with E-state index in [4.69, 9.17) is 5.11 Å². The topological polar surface area (TPSA) is 46.5 Å². The van der Waals surface area contributed by atoms with Gasteiger partial charge in [0.1, 0.15) is 0 Å². The molecule has 0 rings (SSSR count). The van der Waals surface area contributed by atoms with Gasteiger partial charge >= 0.3 is 24.2 Å². The van der Waals surface area contributed by atoms with Gasteiger partial charge in [-0.2, -0.15) is 35.1 Å². The van der Waals surface area contributed by atoms with Crippen LogP contribution in [-0.4, -0.2) is 41.6 Å². The summed E-state index contributed by atoms with van der Waals surface area (Å²) in [6.07, 6.45) is -15.2. The molecular formula is C10H9F9O3. The molecule has 130 valence electrons. The van der Waals surface area contributed by atoms with Crippen molar-refractivity contribution in [2.45, 2.75) is 37.3 Å². The number of aliphatic hydroxyl groups excluding tert-OH is 1. The molecule has 0 aliphatic rings. The first-order valence-electron chi connectivity index (χ1n) is 5.41. The summed E-state index contributed by atoms with van der Waals surface area (Å²) in [5.41, 5.74) is -6.35. The first-order chi connectivity index (χ1) is 9.62.